The van der Waals surface area contributed by atoms with Crippen LogP contribution < -0.4 is 4.90 Å². The normalized spacial score (nSPS) is 15.0. The molecular weight excluding hydrogens is 639 g/mol. The van der Waals surface area contributed by atoms with Gasteiger partial charge in [0.2, 0.25) is 0 Å². The summed E-state index contributed by atoms with van der Waals surface area (Å²) < 4.78 is 0. The van der Waals surface area contributed by atoms with Gasteiger partial charge in [-0.2, -0.15) is 0 Å². The van der Waals surface area contributed by atoms with E-state index in [9.17, 15) is 0 Å². The summed E-state index contributed by atoms with van der Waals surface area (Å²) in [7, 11) is 0. The van der Waals surface area contributed by atoms with Gasteiger partial charge in [-0.15, -0.1) is 0 Å². The average Bonchev–Trinajstić information content (AvgIpc) is 3.77. The maximum atomic E-state index is 3.99. The summed E-state index contributed by atoms with van der Waals surface area (Å²) in [5, 5.41) is 0. The number of hydrogen-bond donors (Lipinski definition) is 0. The highest BCUT2D eigenvalue weighted by molar-refractivity contribution is 6.03. The number of fused-ring (bicyclic) bond motifs is 13. The molecule has 1 heteroatoms. The molecule has 3 aliphatic carbocycles. The van der Waals surface area contributed by atoms with E-state index in [1.807, 2.05) is 12.2 Å². The molecular formula is C52H39N. The lowest BCUT2D eigenvalue weighted by molar-refractivity contribution is 0.660. The van der Waals surface area contributed by atoms with E-state index in [0.717, 1.165) is 22.6 Å². The highest BCUT2D eigenvalue weighted by atomic mass is 15.2. The molecule has 3 aliphatic rings. The third kappa shape index (κ3) is 4.31. The molecule has 1 spiro atoms. The topological polar surface area (TPSA) is 3.24 Å². The van der Waals surface area contributed by atoms with Gasteiger partial charge in [0.25, 0.3) is 0 Å². The summed E-state index contributed by atoms with van der Waals surface area (Å²) in [6.45, 7) is 8.71. The fourth-order valence-corrected chi connectivity index (χ4v) is 9.68. The maximum absolute atomic E-state index is 3.99. The first kappa shape index (κ1) is 31.3. The van der Waals surface area contributed by atoms with Gasteiger partial charge >= 0.3 is 0 Å². The van der Waals surface area contributed by atoms with Gasteiger partial charge in [-0.25, -0.2) is 0 Å². The van der Waals surface area contributed by atoms with Crippen molar-refractivity contribution in [3.63, 3.8) is 0 Å². The van der Waals surface area contributed by atoms with Gasteiger partial charge < -0.3 is 4.90 Å². The molecule has 0 saturated heterocycles. The van der Waals surface area contributed by atoms with E-state index >= 15 is 0 Å². The van der Waals surface area contributed by atoms with Crippen LogP contribution >= 0.6 is 0 Å². The van der Waals surface area contributed by atoms with E-state index in [1.54, 1.807) is 0 Å². The second-order valence-corrected chi connectivity index (χ2v) is 14.9. The highest BCUT2D eigenvalue weighted by Crippen LogP contribution is 2.64. The van der Waals surface area contributed by atoms with Gasteiger partial charge in [-0.1, -0.05) is 184 Å². The van der Waals surface area contributed by atoms with E-state index in [-0.39, 0.29) is 5.41 Å². The summed E-state index contributed by atoms with van der Waals surface area (Å²) in [5.74, 6) is 0. The van der Waals surface area contributed by atoms with Crippen LogP contribution in [0, 0.1) is 0 Å². The molecule has 0 saturated carbocycles. The highest BCUT2D eigenvalue weighted by Gasteiger charge is 2.52. The molecule has 53 heavy (non-hydrogen) atoms. The molecule has 0 aromatic heterocycles. The van der Waals surface area contributed by atoms with Gasteiger partial charge in [0.15, 0.2) is 0 Å². The lowest BCUT2D eigenvalue weighted by atomic mass is 9.70. The van der Waals surface area contributed by atoms with Crippen LogP contribution in [-0.2, 0) is 10.8 Å². The van der Waals surface area contributed by atoms with Crippen molar-refractivity contribution in [1.29, 1.82) is 0 Å². The Balaban J connectivity index is 1.30. The first-order chi connectivity index (χ1) is 26.0. The number of nitrogens with zero attached hydrogens (tertiary/aromatic N) is 1. The fourth-order valence-electron chi connectivity index (χ4n) is 9.68. The van der Waals surface area contributed by atoms with E-state index in [2.05, 4.69) is 201 Å². The third-order valence-electron chi connectivity index (χ3n) is 11.9. The SMILES string of the molecule is C=C/C=C\C=C(/c1ccccc1)N(c1ccc2c(c1)C(C)(C)c1ccccc1-2)c1cccc2c1-c1ccccc1C21c2ccccc2-c2ccccc21. The Morgan fingerprint density at radius 2 is 1.02 bits per heavy atom. The molecule has 0 aliphatic heterocycles. The summed E-state index contributed by atoms with van der Waals surface area (Å²) >= 11 is 0. The molecule has 1 nitrogen and oxygen atoms in total. The number of allylic oxidation sites excluding steroid dienone is 4. The molecule has 0 amide bonds. The van der Waals surface area contributed by atoms with Crippen molar-refractivity contribution in [2.45, 2.75) is 24.7 Å². The number of benzene rings is 7. The van der Waals surface area contributed by atoms with E-state index < -0.39 is 5.41 Å². The van der Waals surface area contributed by atoms with Crippen molar-refractivity contribution in [1.82, 2.24) is 0 Å². The molecule has 0 unspecified atom stereocenters. The Morgan fingerprint density at radius 3 is 1.68 bits per heavy atom. The monoisotopic (exact) mass is 677 g/mol. The molecule has 7 aromatic carbocycles. The van der Waals surface area contributed by atoms with Crippen LogP contribution in [0.3, 0.4) is 0 Å². The van der Waals surface area contributed by atoms with Crippen LogP contribution in [0.15, 0.2) is 195 Å². The smallest absolute Gasteiger partial charge is 0.0726 e. The maximum Gasteiger partial charge on any atom is 0.0726 e. The minimum absolute atomic E-state index is 0.139. The zero-order chi connectivity index (χ0) is 35.7. The quantitative estimate of drug-likeness (QED) is 0.158. The number of rotatable bonds is 6. The van der Waals surface area contributed by atoms with Crippen LogP contribution in [0.25, 0.3) is 39.1 Å². The first-order valence-corrected chi connectivity index (χ1v) is 18.6. The van der Waals surface area contributed by atoms with Crippen molar-refractivity contribution in [2.75, 3.05) is 4.90 Å². The van der Waals surface area contributed by atoms with Gasteiger partial charge in [0, 0.05) is 16.7 Å². The number of anilines is 2. The Hall–Kier alpha value is -6.44. The van der Waals surface area contributed by atoms with E-state index in [0.29, 0.717) is 0 Å². The van der Waals surface area contributed by atoms with Crippen molar-refractivity contribution in [3.05, 3.63) is 234 Å². The van der Waals surface area contributed by atoms with Crippen molar-refractivity contribution < 1.29 is 0 Å². The van der Waals surface area contributed by atoms with Crippen molar-refractivity contribution in [3.8, 4) is 33.4 Å². The zero-order valence-electron chi connectivity index (χ0n) is 30.1. The fraction of sp³-hybridized carbons (Fsp3) is 0.0769. The molecule has 0 bridgehead atoms. The predicted octanol–water partition coefficient (Wildman–Crippen LogP) is 13.3. The molecule has 0 heterocycles. The Morgan fingerprint density at radius 1 is 0.491 bits per heavy atom. The second-order valence-electron chi connectivity index (χ2n) is 14.9. The Bertz CT molecular complexity index is 2620. The summed E-state index contributed by atoms with van der Waals surface area (Å²) in [6.07, 6.45) is 8.20. The predicted molar refractivity (Wildman–Crippen MR) is 223 cm³/mol. The van der Waals surface area contributed by atoms with Crippen LogP contribution in [0.1, 0.15) is 52.8 Å². The van der Waals surface area contributed by atoms with E-state index in [4.69, 9.17) is 0 Å². The third-order valence-corrected chi connectivity index (χ3v) is 11.9. The van der Waals surface area contributed by atoms with Crippen LogP contribution in [0.4, 0.5) is 11.4 Å². The lowest BCUT2D eigenvalue weighted by Gasteiger charge is -2.33. The Labute approximate surface area is 312 Å². The van der Waals surface area contributed by atoms with Crippen molar-refractivity contribution in [2.24, 2.45) is 0 Å². The standard InChI is InChI=1S/C52H39N/c1-4-5-7-30-48(35-19-8-6-9-20-35)53(36-32-33-40-37-21-10-14-25-42(37)51(2,3)47(40)34-36)49-31-18-29-46-50(49)41-24-13-17-28-45(41)52(46)43-26-15-11-22-38(43)39-23-12-16-27-44(39)52/h4-34H,1H2,2-3H3/b7-5-,48-30+. The Kier molecular flexibility index (Phi) is 6.97. The molecule has 252 valence electrons. The average molecular weight is 678 g/mol. The second kappa shape index (κ2) is 11.8. The molecule has 7 aromatic rings. The largest absolute Gasteiger partial charge is 0.309 e. The summed E-state index contributed by atoms with van der Waals surface area (Å²) in [5.41, 5.74) is 19.8. The lowest BCUT2D eigenvalue weighted by Crippen LogP contribution is -2.26. The van der Waals surface area contributed by atoms with Gasteiger partial charge in [0.05, 0.1) is 16.8 Å². The van der Waals surface area contributed by atoms with E-state index in [1.165, 1.54) is 66.8 Å². The zero-order valence-corrected chi connectivity index (χ0v) is 30.1. The number of hydrogen-bond acceptors (Lipinski definition) is 1. The minimum Gasteiger partial charge on any atom is -0.309 e. The van der Waals surface area contributed by atoms with Crippen LogP contribution in [0.5, 0.6) is 0 Å². The van der Waals surface area contributed by atoms with Crippen LogP contribution in [-0.4, -0.2) is 0 Å². The summed E-state index contributed by atoms with van der Waals surface area (Å²) in [6, 6.07) is 60.9. The minimum atomic E-state index is -0.429. The summed E-state index contributed by atoms with van der Waals surface area (Å²) in [4.78, 5) is 2.50. The molecule has 0 radical (unpaired) electrons. The molecule has 10 rings (SSSR count). The molecule has 0 fully saturated rings. The van der Waals surface area contributed by atoms with Crippen molar-refractivity contribution >= 4 is 17.1 Å². The van der Waals surface area contributed by atoms with Crippen LogP contribution in [0.2, 0.25) is 0 Å². The van der Waals surface area contributed by atoms with Gasteiger partial charge in [-0.3, -0.25) is 0 Å². The van der Waals surface area contributed by atoms with Gasteiger partial charge in [0.1, 0.15) is 0 Å². The molecule has 0 N–H and O–H groups in total. The first-order valence-electron chi connectivity index (χ1n) is 18.6. The molecule has 0 atom stereocenters. The van der Waals surface area contributed by atoms with Gasteiger partial charge in [-0.05, 0) is 91.0 Å².